The maximum Gasteiger partial charge on any atom is 0.418 e. The SMILES string of the molecule is N#Cc1cccc(OCc2cnc3c(C(F)(F)F)cccc3c2-c2ccccc2)c1. The number of halogens is 3. The zero-order valence-corrected chi connectivity index (χ0v) is 15.6. The number of nitriles is 1. The van der Waals surface area contributed by atoms with E-state index in [1.54, 1.807) is 30.3 Å². The molecule has 3 aromatic carbocycles. The van der Waals surface area contributed by atoms with E-state index in [4.69, 9.17) is 10.00 Å². The number of rotatable bonds is 4. The Bertz CT molecular complexity index is 1250. The summed E-state index contributed by atoms with van der Waals surface area (Å²) < 4.78 is 46.3. The Labute approximate surface area is 171 Å². The summed E-state index contributed by atoms with van der Waals surface area (Å²) >= 11 is 0. The number of alkyl halides is 3. The Morgan fingerprint density at radius 3 is 2.43 bits per heavy atom. The van der Waals surface area contributed by atoms with Crippen LogP contribution in [-0.2, 0) is 12.8 Å². The molecule has 3 nitrogen and oxygen atoms in total. The van der Waals surface area contributed by atoms with Gasteiger partial charge < -0.3 is 4.74 Å². The van der Waals surface area contributed by atoms with Gasteiger partial charge in [0.05, 0.1) is 22.7 Å². The largest absolute Gasteiger partial charge is 0.489 e. The van der Waals surface area contributed by atoms with Crippen molar-refractivity contribution in [2.45, 2.75) is 12.8 Å². The molecule has 0 aliphatic carbocycles. The van der Waals surface area contributed by atoms with Crippen molar-refractivity contribution in [1.82, 2.24) is 4.98 Å². The summed E-state index contributed by atoms with van der Waals surface area (Å²) in [7, 11) is 0. The van der Waals surface area contributed by atoms with Gasteiger partial charge in [-0.3, -0.25) is 4.98 Å². The first kappa shape index (κ1) is 19.5. The standard InChI is InChI=1S/C24H15F3N2O/c25-24(26,27)21-11-5-10-20-22(17-7-2-1-3-8-17)18(14-29-23(20)21)15-30-19-9-4-6-16(12-19)13-28/h1-12,14H,15H2. The Hall–Kier alpha value is -3.85. The zero-order valence-electron chi connectivity index (χ0n) is 15.6. The van der Waals surface area contributed by atoms with Gasteiger partial charge in [0.25, 0.3) is 0 Å². The molecule has 4 rings (SSSR count). The first-order chi connectivity index (χ1) is 14.5. The van der Waals surface area contributed by atoms with Crippen molar-refractivity contribution in [3.8, 4) is 22.9 Å². The van der Waals surface area contributed by atoms with Crippen molar-refractivity contribution in [2.75, 3.05) is 0 Å². The van der Waals surface area contributed by atoms with Crippen molar-refractivity contribution in [3.05, 3.63) is 95.7 Å². The Morgan fingerprint density at radius 1 is 0.933 bits per heavy atom. The van der Waals surface area contributed by atoms with Crippen LogP contribution in [0.15, 0.2) is 79.0 Å². The first-order valence-electron chi connectivity index (χ1n) is 9.13. The lowest BCUT2D eigenvalue weighted by Crippen LogP contribution is -2.08. The number of benzene rings is 3. The summed E-state index contributed by atoms with van der Waals surface area (Å²) in [6.45, 7) is 0.0955. The molecule has 0 amide bonds. The molecule has 0 unspecified atom stereocenters. The van der Waals surface area contributed by atoms with Crippen LogP contribution < -0.4 is 4.74 Å². The van der Waals surface area contributed by atoms with E-state index in [2.05, 4.69) is 4.98 Å². The van der Waals surface area contributed by atoms with Crippen molar-refractivity contribution in [1.29, 1.82) is 5.26 Å². The third-order valence-corrected chi connectivity index (χ3v) is 4.70. The van der Waals surface area contributed by atoms with Crippen LogP contribution in [0.2, 0.25) is 0 Å². The molecule has 4 aromatic rings. The van der Waals surface area contributed by atoms with Gasteiger partial charge in [0.1, 0.15) is 12.4 Å². The van der Waals surface area contributed by atoms with Crippen LogP contribution in [0.25, 0.3) is 22.0 Å². The summed E-state index contributed by atoms with van der Waals surface area (Å²) in [5, 5.41) is 9.45. The van der Waals surface area contributed by atoms with E-state index in [1.807, 2.05) is 36.4 Å². The number of pyridine rings is 1. The molecule has 0 aliphatic heterocycles. The monoisotopic (exact) mass is 404 g/mol. The fourth-order valence-electron chi connectivity index (χ4n) is 3.36. The molecule has 0 bridgehead atoms. The summed E-state index contributed by atoms with van der Waals surface area (Å²) in [5.74, 6) is 0.497. The fourth-order valence-corrected chi connectivity index (χ4v) is 3.36. The molecule has 0 N–H and O–H groups in total. The van der Waals surface area contributed by atoms with Gasteiger partial charge in [-0.05, 0) is 35.4 Å². The van der Waals surface area contributed by atoms with Crippen LogP contribution in [0, 0.1) is 11.3 Å². The first-order valence-corrected chi connectivity index (χ1v) is 9.13. The smallest absolute Gasteiger partial charge is 0.418 e. The quantitative estimate of drug-likeness (QED) is 0.397. The zero-order chi connectivity index (χ0) is 21.1. The molecule has 1 heterocycles. The third-order valence-electron chi connectivity index (χ3n) is 4.70. The van der Waals surface area contributed by atoms with Gasteiger partial charge in [-0.15, -0.1) is 0 Å². The minimum Gasteiger partial charge on any atom is -0.489 e. The average molecular weight is 404 g/mol. The maximum atomic E-state index is 13.5. The van der Waals surface area contributed by atoms with Crippen LogP contribution in [0.3, 0.4) is 0 Å². The van der Waals surface area contributed by atoms with E-state index in [0.29, 0.717) is 27.8 Å². The third kappa shape index (κ3) is 3.83. The second-order valence-corrected chi connectivity index (χ2v) is 6.65. The Balaban J connectivity index is 1.84. The topological polar surface area (TPSA) is 45.9 Å². The van der Waals surface area contributed by atoms with Gasteiger partial charge in [0.15, 0.2) is 0 Å². The predicted molar refractivity (Wildman–Crippen MR) is 108 cm³/mol. The summed E-state index contributed by atoms with van der Waals surface area (Å²) in [6.07, 6.45) is -3.08. The van der Waals surface area contributed by atoms with Gasteiger partial charge in [0, 0.05) is 17.1 Å². The van der Waals surface area contributed by atoms with Gasteiger partial charge in [-0.25, -0.2) is 0 Å². The van der Waals surface area contributed by atoms with Crippen molar-refractivity contribution >= 4 is 10.9 Å². The van der Waals surface area contributed by atoms with Gasteiger partial charge >= 0.3 is 6.18 Å². The number of nitrogens with zero attached hydrogens (tertiary/aromatic N) is 2. The maximum absolute atomic E-state index is 13.5. The highest BCUT2D eigenvalue weighted by atomic mass is 19.4. The summed E-state index contributed by atoms with van der Waals surface area (Å²) in [5.41, 5.74) is 1.65. The van der Waals surface area contributed by atoms with Crippen molar-refractivity contribution < 1.29 is 17.9 Å². The summed E-state index contributed by atoms with van der Waals surface area (Å²) in [6, 6.07) is 22.0. The number of hydrogen-bond acceptors (Lipinski definition) is 3. The van der Waals surface area contributed by atoms with Crippen LogP contribution in [0.1, 0.15) is 16.7 Å². The second-order valence-electron chi connectivity index (χ2n) is 6.65. The predicted octanol–water partition coefficient (Wildman–Crippen LogP) is 6.37. The molecule has 1 aromatic heterocycles. The van der Waals surface area contributed by atoms with E-state index >= 15 is 0 Å². The highest BCUT2D eigenvalue weighted by molar-refractivity contribution is 5.97. The van der Waals surface area contributed by atoms with Gasteiger partial charge in [0.2, 0.25) is 0 Å². The van der Waals surface area contributed by atoms with Crippen LogP contribution in [0.4, 0.5) is 13.2 Å². The van der Waals surface area contributed by atoms with Crippen LogP contribution in [-0.4, -0.2) is 4.98 Å². The molecule has 0 saturated carbocycles. The van der Waals surface area contributed by atoms with Crippen LogP contribution in [0.5, 0.6) is 5.75 Å². The molecule has 0 saturated heterocycles. The molecular weight excluding hydrogens is 389 g/mol. The number of para-hydroxylation sites is 1. The number of ether oxygens (including phenoxy) is 1. The fraction of sp³-hybridized carbons (Fsp3) is 0.0833. The minimum atomic E-state index is -4.50. The van der Waals surface area contributed by atoms with E-state index in [-0.39, 0.29) is 12.1 Å². The van der Waals surface area contributed by atoms with E-state index < -0.39 is 11.7 Å². The number of aromatic nitrogens is 1. The van der Waals surface area contributed by atoms with E-state index in [9.17, 15) is 13.2 Å². The molecule has 30 heavy (non-hydrogen) atoms. The molecule has 6 heteroatoms. The highest BCUT2D eigenvalue weighted by Crippen LogP contribution is 2.38. The van der Waals surface area contributed by atoms with Gasteiger partial charge in [-0.2, -0.15) is 18.4 Å². The molecule has 0 aliphatic rings. The van der Waals surface area contributed by atoms with Crippen molar-refractivity contribution in [3.63, 3.8) is 0 Å². The normalized spacial score (nSPS) is 11.3. The molecule has 148 valence electrons. The molecule has 0 spiro atoms. The summed E-state index contributed by atoms with van der Waals surface area (Å²) in [4.78, 5) is 4.13. The minimum absolute atomic E-state index is 0.0955. The molecular formula is C24H15F3N2O. The lowest BCUT2D eigenvalue weighted by atomic mass is 9.95. The highest BCUT2D eigenvalue weighted by Gasteiger charge is 2.33. The Morgan fingerprint density at radius 2 is 1.70 bits per heavy atom. The van der Waals surface area contributed by atoms with Crippen LogP contribution >= 0.6 is 0 Å². The van der Waals surface area contributed by atoms with Crippen molar-refractivity contribution in [2.24, 2.45) is 0 Å². The molecule has 0 atom stereocenters. The average Bonchev–Trinajstić information content (AvgIpc) is 2.76. The Kier molecular flexibility index (Phi) is 5.11. The second kappa shape index (κ2) is 7.88. The lowest BCUT2D eigenvalue weighted by Gasteiger charge is -2.16. The number of hydrogen-bond donors (Lipinski definition) is 0. The van der Waals surface area contributed by atoms with Gasteiger partial charge in [-0.1, -0.05) is 48.5 Å². The van der Waals surface area contributed by atoms with E-state index in [1.165, 1.54) is 12.3 Å². The van der Waals surface area contributed by atoms with E-state index in [0.717, 1.165) is 11.6 Å². The molecule has 0 fully saturated rings. The number of fused-ring (bicyclic) bond motifs is 1. The lowest BCUT2D eigenvalue weighted by molar-refractivity contribution is -0.136. The molecule has 0 radical (unpaired) electrons.